The molecule has 2 aliphatic carbocycles. The quantitative estimate of drug-likeness (QED) is 0.357. The highest BCUT2D eigenvalue weighted by Gasteiger charge is 2.37. The third-order valence-electron chi connectivity index (χ3n) is 6.15. The van der Waals surface area contributed by atoms with E-state index in [4.69, 9.17) is 24.0 Å². The van der Waals surface area contributed by atoms with Gasteiger partial charge >= 0.3 is 5.97 Å². The summed E-state index contributed by atoms with van der Waals surface area (Å²) in [5.74, 6) is 0.390. The molecule has 0 spiro atoms. The maximum absolute atomic E-state index is 11.5. The van der Waals surface area contributed by atoms with Gasteiger partial charge in [0.25, 0.3) is 0 Å². The zero-order valence-corrected chi connectivity index (χ0v) is 18.2. The summed E-state index contributed by atoms with van der Waals surface area (Å²) in [6.07, 6.45) is 4.03. The van der Waals surface area contributed by atoms with Crippen molar-refractivity contribution in [1.29, 1.82) is 0 Å². The minimum Gasteiger partial charge on any atom is -0.469 e. The summed E-state index contributed by atoms with van der Waals surface area (Å²) >= 11 is 0. The van der Waals surface area contributed by atoms with Crippen molar-refractivity contribution in [3.05, 3.63) is 35.9 Å². The predicted octanol–water partition coefficient (Wildman–Crippen LogP) is 3.14. The van der Waals surface area contributed by atoms with Gasteiger partial charge in [0, 0.05) is 32.6 Å². The van der Waals surface area contributed by atoms with Crippen LogP contribution in [0.25, 0.3) is 0 Å². The summed E-state index contributed by atoms with van der Waals surface area (Å²) < 4.78 is 21.9. The number of nitrogens with zero attached hydrogens (tertiary/aromatic N) is 1. The Morgan fingerprint density at radius 1 is 1.13 bits per heavy atom. The van der Waals surface area contributed by atoms with Crippen molar-refractivity contribution in [3.63, 3.8) is 0 Å². The second kappa shape index (κ2) is 11.4. The SMILES string of the molecule is COC(=O)C1CC(N/N=C2\CCC(COCc3ccccc3)CC2C(OC)OC)C1. The number of hydrogen-bond acceptors (Lipinski definition) is 7. The monoisotopic (exact) mass is 418 g/mol. The van der Waals surface area contributed by atoms with Crippen LogP contribution in [0.2, 0.25) is 0 Å². The third kappa shape index (κ3) is 6.03. The van der Waals surface area contributed by atoms with Gasteiger partial charge in [0.1, 0.15) is 0 Å². The Bertz CT molecular complexity index is 686. The zero-order chi connectivity index (χ0) is 21.3. The number of ether oxygens (including phenoxy) is 4. The van der Waals surface area contributed by atoms with Crippen molar-refractivity contribution in [3.8, 4) is 0 Å². The van der Waals surface area contributed by atoms with Crippen LogP contribution in [0.1, 0.15) is 37.7 Å². The van der Waals surface area contributed by atoms with Crippen molar-refractivity contribution in [2.45, 2.75) is 51.0 Å². The molecule has 7 nitrogen and oxygen atoms in total. The van der Waals surface area contributed by atoms with Gasteiger partial charge in [0.15, 0.2) is 6.29 Å². The van der Waals surface area contributed by atoms with Gasteiger partial charge in [-0.1, -0.05) is 30.3 Å². The van der Waals surface area contributed by atoms with Gasteiger partial charge in [-0.2, -0.15) is 5.10 Å². The van der Waals surface area contributed by atoms with E-state index in [9.17, 15) is 4.79 Å². The van der Waals surface area contributed by atoms with E-state index < -0.39 is 0 Å². The Morgan fingerprint density at radius 2 is 1.87 bits per heavy atom. The van der Waals surface area contributed by atoms with Gasteiger partial charge in [0.2, 0.25) is 0 Å². The fourth-order valence-electron chi connectivity index (χ4n) is 4.31. The largest absolute Gasteiger partial charge is 0.469 e. The Morgan fingerprint density at radius 3 is 2.53 bits per heavy atom. The van der Waals surface area contributed by atoms with Gasteiger partial charge in [0.05, 0.1) is 25.6 Å². The Labute approximate surface area is 179 Å². The lowest BCUT2D eigenvalue weighted by Gasteiger charge is -2.36. The molecule has 0 radical (unpaired) electrons. The highest BCUT2D eigenvalue weighted by atomic mass is 16.7. The van der Waals surface area contributed by atoms with Crippen LogP contribution in [0.15, 0.2) is 35.4 Å². The number of rotatable bonds is 10. The Kier molecular flexibility index (Phi) is 8.66. The maximum Gasteiger partial charge on any atom is 0.308 e. The molecular formula is C23H34N2O5. The molecule has 0 amide bonds. The summed E-state index contributed by atoms with van der Waals surface area (Å²) in [7, 11) is 4.77. The molecule has 2 aliphatic rings. The van der Waals surface area contributed by atoms with Crippen molar-refractivity contribution in [1.82, 2.24) is 5.43 Å². The molecule has 7 heteroatoms. The fourth-order valence-corrected chi connectivity index (χ4v) is 4.31. The van der Waals surface area contributed by atoms with Gasteiger partial charge in [-0.15, -0.1) is 0 Å². The van der Waals surface area contributed by atoms with Crippen LogP contribution in [0.3, 0.4) is 0 Å². The molecular weight excluding hydrogens is 384 g/mol. The van der Waals surface area contributed by atoms with Crippen LogP contribution in [-0.2, 0) is 30.3 Å². The molecule has 0 bridgehead atoms. The van der Waals surface area contributed by atoms with Crippen molar-refractivity contribution >= 4 is 11.7 Å². The first-order valence-electron chi connectivity index (χ1n) is 10.7. The van der Waals surface area contributed by atoms with Gasteiger partial charge in [-0.25, -0.2) is 0 Å². The van der Waals surface area contributed by atoms with E-state index in [1.807, 2.05) is 18.2 Å². The van der Waals surface area contributed by atoms with Crippen LogP contribution in [-0.4, -0.2) is 51.9 Å². The maximum atomic E-state index is 11.5. The Balaban J connectivity index is 1.51. The molecule has 1 N–H and O–H groups in total. The predicted molar refractivity (Wildman–Crippen MR) is 114 cm³/mol. The molecule has 0 saturated heterocycles. The minimum atomic E-state index is -0.327. The molecule has 2 saturated carbocycles. The number of carbonyl (C=O) groups excluding carboxylic acids is 1. The minimum absolute atomic E-state index is 0.00769. The molecule has 30 heavy (non-hydrogen) atoms. The highest BCUT2D eigenvalue weighted by molar-refractivity contribution is 5.87. The van der Waals surface area contributed by atoms with Gasteiger partial charge in [-0.3, -0.25) is 4.79 Å². The first-order chi connectivity index (χ1) is 14.6. The van der Waals surface area contributed by atoms with Crippen LogP contribution < -0.4 is 5.43 Å². The number of nitrogens with one attached hydrogen (secondary N) is 1. The lowest BCUT2D eigenvalue weighted by atomic mass is 9.79. The molecule has 2 atom stereocenters. The van der Waals surface area contributed by atoms with E-state index in [0.717, 1.165) is 44.4 Å². The summed E-state index contributed by atoms with van der Waals surface area (Å²) in [5, 5.41) is 4.70. The summed E-state index contributed by atoms with van der Waals surface area (Å²) in [5.41, 5.74) is 5.51. The lowest BCUT2D eigenvalue weighted by Crippen LogP contribution is -2.44. The van der Waals surface area contributed by atoms with E-state index in [2.05, 4.69) is 17.6 Å². The number of hydrazone groups is 1. The molecule has 1 aromatic carbocycles. The van der Waals surface area contributed by atoms with Gasteiger partial charge in [-0.05, 0) is 43.6 Å². The van der Waals surface area contributed by atoms with Gasteiger partial charge < -0.3 is 24.4 Å². The topological polar surface area (TPSA) is 78.4 Å². The van der Waals surface area contributed by atoms with Crippen molar-refractivity contribution in [2.75, 3.05) is 27.9 Å². The summed E-state index contributed by atoms with van der Waals surface area (Å²) in [6.45, 7) is 1.35. The lowest BCUT2D eigenvalue weighted by molar-refractivity contribution is -0.149. The molecule has 2 unspecified atom stereocenters. The summed E-state index contributed by atoms with van der Waals surface area (Å²) in [4.78, 5) is 11.5. The van der Waals surface area contributed by atoms with Crippen LogP contribution in [0, 0.1) is 17.8 Å². The van der Waals surface area contributed by atoms with Crippen molar-refractivity contribution < 1.29 is 23.7 Å². The standard InChI is InChI=1S/C23H34N2O5/c1-27-22(26)18-12-19(13-18)24-25-21-10-9-17(11-20(21)23(28-2)29-3)15-30-14-16-7-5-4-6-8-16/h4-8,17-20,23-24H,9-15H2,1-3H3/b25-21+. The number of carbonyl (C=O) groups is 1. The Hall–Kier alpha value is -1.96. The molecule has 0 aromatic heterocycles. The highest BCUT2D eigenvalue weighted by Crippen LogP contribution is 2.32. The molecule has 0 aliphatic heterocycles. The van der Waals surface area contributed by atoms with Crippen LogP contribution in [0.4, 0.5) is 0 Å². The second-order valence-corrected chi connectivity index (χ2v) is 8.21. The normalized spacial score (nSPS) is 27.7. The first kappa shape index (κ1) is 22.7. The van der Waals surface area contributed by atoms with E-state index in [1.54, 1.807) is 14.2 Å². The second-order valence-electron chi connectivity index (χ2n) is 8.21. The van der Waals surface area contributed by atoms with E-state index in [-0.39, 0.29) is 30.1 Å². The number of hydrogen-bond donors (Lipinski definition) is 1. The first-order valence-corrected chi connectivity index (χ1v) is 10.7. The molecule has 166 valence electrons. The summed E-state index contributed by atoms with van der Waals surface area (Å²) in [6, 6.07) is 10.5. The molecule has 3 rings (SSSR count). The van der Waals surface area contributed by atoms with Crippen LogP contribution in [0.5, 0.6) is 0 Å². The van der Waals surface area contributed by atoms with E-state index in [0.29, 0.717) is 12.5 Å². The van der Waals surface area contributed by atoms with Crippen LogP contribution >= 0.6 is 0 Å². The van der Waals surface area contributed by atoms with E-state index >= 15 is 0 Å². The molecule has 0 heterocycles. The fraction of sp³-hybridized carbons (Fsp3) is 0.652. The zero-order valence-electron chi connectivity index (χ0n) is 18.2. The number of esters is 1. The average molecular weight is 419 g/mol. The molecule has 1 aromatic rings. The average Bonchev–Trinajstić information content (AvgIpc) is 2.75. The molecule has 2 fully saturated rings. The number of benzene rings is 1. The van der Waals surface area contributed by atoms with Crippen molar-refractivity contribution in [2.24, 2.45) is 22.9 Å². The third-order valence-corrected chi connectivity index (χ3v) is 6.15. The number of methoxy groups -OCH3 is 3. The smallest absolute Gasteiger partial charge is 0.308 e. The van der Waals surface area contributed by atoms with E-state index in [1.165, 1.54) is 12.7 Å².